The molecule has 76 valence electrons. The molecule has 1 aromatic rings. The number of nitrogens with two attached hydrogens (primary N) is 1. The summed E-state index contributed by atoms with van der Waals surface area (Å²) in [6, 6.07) is 0. The molecule has 2 rings (SSSR count). The third-order valence-electron chi connectivity index (χ3n) is 2.83. The number of aromatic nitrogens is 2. The molecule has 2 N–H and O–H groups in total. The van der Waals surface area contributed by atoms with Crippen molar-refractivity contribution in [1.82, 2.24) is 9.55 Å². The molecule has 1 aliphatic heterocycles. The van der Waals surface area contributed by atoms with Crippen molar-refractivity contribution in [3.63, 3.8) is 0 Å². The Morgan fingerprint density at radius 2 is 2.50 bits per heavy atom. The Kier molecular flexibility index (Phi) is 2.37. The fraction of sp³-hybridized carbons (Fsp3) is 0.600. The van der Waals surface area contributed by atoms with E-state index in [1.807, 2.05) is 0 Å². The number of nitrogens with zero attached hydrogens (tertiary/aromatic N) is 2. The minimum atomic E-state index is 0.0454. The van der Waals surface area contributed by atoms with Gasteiger partial charge in [0.15, 0.2) is 0 Å². The van der Waals surface area contributed by atoms with Crippen molar-refractivity contribution in [1.29, 1.82) is 0 Å². The molecule has 0 bridgehead atoms. The lowest BCUT2D eigenvalue weighted by molar-refractivity contribution is 0.439. The largest absolute Gasteiger partial charge is 0.326 e. The first-order valence-electron chi connectivity index (χ1n) is 5.02. The Morgan fingerprint density at radius 3 is 3.21 bits per heavy atom. The van der Waals surface area contributed by atoms with E-state index in [9.17, 15) is 4.79 Å². The standard InChI is InChI=1S/C10H15N3O/c1-7-3-2-4-13-9(7)12-6-8(5-11)10(13)14/h6-7H,2-5,11H2,1H3. The molecular formula is C10H15N3O. The van der Waals surface area contributed by atoms with E-state index in [1.165, 1.54) is 0 Å². The maximum atomic E-state index is 11.8. The monoisotopic (exact) mass is 193 g/mol. The average Bonchev–Trinajstić information content (AvgIpc) is 2.20. The molecule has 2 heterocycles. The molecule has 0 saturated carbocycles. The van der Waals surface area contributed by atoms with E-state index >= 15 is 0 Å². The minimum absolute atomic E-state index is 0.0454. The van der Waals surface area contributed by atoms with Crippen LogP contribution >= 0.6 is 0 Å². The third kappa shape index (κ3) is 1.35. The molecule has 0 fully saturated rings. The smallest absolute Gasteiger partial charge is 0.257 e. The lowest BCUT2D eigenvalue weighted by atomic mass is 10.0. The van der Waals surface area contributed by atoms with Crippen molar-refractivity contribution in [3.8, 4) is 0 Å². The zero-order valence-electron chi connectivity index (χ0n) is 8.36. The van der Waals surface area contributed by atoms with Crippen molar-refractivity contribution < 1.29 is 0 Å². The lowest BCUT2D eigenvalue weighted by Gasteiger charge is -2.22. The molecule has 0 spiro atoms. The normalized spacial score (nSPS) is 20.6. The first-order chi connectivity index (χ1) is 6.74. The molecule has 1 aromatic heterocycles. The zero-order valence-corrected chi connectivity index (χ0v) is 8.36. The van der Waals surface area contributed by atoms with Gasteiger partial charge in [0.25, 0.3) is 5.56 Å². The van der Waals surface area contributed by atoms with Crippen molar-refractivity contribution in [2.45, 2.75) is 38.8 Å². The van der Waals surface area contributed by atoms with Crippen LogP contribution in [-0.4, -0.2) is 9.55 Å². The minimum Gasteiger partial charge on any atom is -0.326 e. The summed E-state index contributed by atoms with van der Waals surface area (Å²) in [4.78, 5) is 16.1. The van der Waals surface area contributed by atoms with E-state index in [0.717, 1.165) is 25.2 Å². The van der Waals surface area contributed by atoms with Gasteiger partial charge in [-0.05, 0) is 12.8 Å². The fourth-order valence-corrected chi connectivity index (χ4v) is 1.98. The second-order valence-corrected chi connectivity index (χ2v) is 3.85. The van der Waals surface area contributed by atoms with Crippen LogP contribution in [0.4, 0.5) is 0 Å². The van der Waals surface area contributed by atoms with E-state index < -0.39 is 0 Å². The highest BCUT2D eigenvalue weighted by atomic mass is 16.1. The highest BCUT2D eigenvalue weighted by Gasteiger charge is 2.19. The summed E-state index contributed by atoms with van der Waals surface area (Å²) >= 11 is 0. The maximum absolute atomic E-state index is 11.8. The first-order valence-corrected chi connectivity index (χ1v) is 5.02. The molecule has 1 unspecified atom stereocenters. The summed E-state index contributed by atoms with van der Waals surface area (Å²) in [6.45, 7) is 3.18. The van der Waals surface area contributed by atoms with Gasteiger partial charge in [0.05, 0.1) is 0 Å². The van der Waals surface area contributed by atoms with E-state index in [4.69, 9.17) is 5.73 Å². The molecule has 14 heavy (non-hydrogen) atoms. The van der Waals surface area contributed by atoms with E-state index in [-0.39, 0.29) is 12.1 Å². The van der Waals surface area contributed by atoms with Crippen LogP contribution in [0.2, 0.25) is 0 Å². The van der Waals surface area contributed by atoms with Crippen LogP contribution in [0.5, 0.6) is 0 Å². The summed E-state index contributed by atoms with van der Waals surface area (Å²) in [6.07, 6.45) is 3.80. The highest BCUT2D eigenvalue weighted by Crippen LogP contribution is 2.22. The Bertz CT molecular complexity index is 397. The highest BCUT2D eigenvalue weighted by molar-refractivity contribution is 5.10. The SMILES string of the molecule is CC1CCCn2c1ncc(CN)c2=O. The van der Waals surface area contributed by atoms with Gasteiger partial charge in [-0.2, -0.15) is 0 Å². The summed E-state index contributed by atoms with van der Waals surface area (Å²) in [5.74, 6) is 1.31. The quantitative estimate of drug-likeness (QED) is 0.710. The third-order valence-corrected chi connectivity index (χ3v) is 2.83. The van der Waals surface area contributed by atoms with Gasteiger partial charge in [0.1, 0.15) is 5.82 Å². The topological polar surface area (TPSA) is 60.9 Å². The van der Waals surface area contributed by atoms with Gasteiger partial charge < -0.3 is 5.73 Å². The molecule has 4 heteroatoms. The number of hydrogen-bond acceptors (Lipinski definition) is 3. The number of hydrogen-bond donors (Lipinski definition) is 1. The molecule has 0 aromatic carbocycles. The van der Waals surface area contributed by atoms with Crippen molar-refractivity contribution in [3.05, 3.63) is 27.9 Å². The van der Waals surface area contributed by atoms with Gasteiger partial charge >= 0.3 is 0 Å². The van der Waals surface area contributed by atoms with E-state index in [1.54, 1.807) is 10.8 Å². The van der Waals surface area contributed by atoms with Gasteiger partial charge in [-0.15, -0.1) is 0 Å². The van der Waals surface area contributed by atoms with Crippen molar-refractivity contribution >= 4 is 0 Å². The molecule has 1 aliphatic rings. The van der Waals surface area contributed by atoms with Crippen molar-refractivity contribution in [2.75, 3.05) is 0 Å². The van der Waals surface area contributed by atoms with Crippen LogP contribution < -0.4 is 11.3 Å². The molecule has 0 amide bonds. The zero-order chi connectivity index (χ0) is 10.1. The van der Waals surface area contributed by atoms with Crippen LogP contribution in [0.3, 0.4) is 0 Å². The summed E-state index contributed by atoms with van der Waals surface area (Å²) in [5.41, 5.74) is 6.12. The lowest BCUT2D eigenvalue weighted by Crippen LogP contribution is -2.32. The van der Waals surface area contributed by atoms with Crippen LogP contribution in [0.15, 0.2) is 11.0 Å². The second-order valence-electron chi connectivity index (χ2n) is 3.85. The molecule has 4 nitrogen and oxygen atoms in total. The van der Waals surface area contributed by atoms with E-state index in [0.29, 0.717) is 11.5 Å². The van der Waals surface area contributed by atoms with Gasteiger partial charge in [0, 0.05) is 30.8 Å². The van der Waals surface area contributed by atoms with E-state index in [2.05, 4.69) is 11.9 Å². The molecular weight excluding hydrogens is 178 g/mol. The van der Waals surface area contributed by atoms with Crippen LogP contribution in [-0.2, 0) is 13.1 Å². The first kappa shape index (κ1) is 9.40. The second kappa shape index (κ2) is 3.53. The molecule has 0 aliphatic carbocycles. The van der Waals surface area contributed by atoms with Gasteiger partial charge in [-0.25, -0.2) is 4.98 Å². The Balaban J connectivity index is 2.58. The summed E-state index contributed by atoms with van der Waals surface area (Å²) in [7, 11) is 0. The van der Waals surface area contributed by atoms with Crippen LogP contribution in [0, 0.1) is 0 Å². The van der Waals surface area contributed by atoms with Crippen LogP contribution in [0.1, 0.15) is 37.1 Å². The summed E-state index contributed by atoms with van der Waals surface area (Å²) in [5, 5.41) is 0. The van der Waals surface area contributed by atoms with Gasteiger partial charge in [-0.1, -0.05) is 6.92 Å². The number of fused-ring (bicyclic) bond motifs is 1. The van der Waals surface area contributed by atoms with Crippen LogP contribution in [0.25, 0.3) is 0 Å². The Morgan fingerprint density at radius 1 is 1.71 bits per heavy atom. The predicted octanol–water partition coefficient (Wildman–Crippen LogP) is 0.599. The average molecular weight is 193 g/mol. The van der Waals surface area contributed by atoms with Gasteiger partial charge in [-0.3, -0.25) is 9.36 Å². The molecule has 1 atom stereocenters. The number of rotatable bonds is 1. The van der Waals surface area contributed by atoms with Gasteiger partial charge in [0.2, 0.25) is 0 Å². The molecule has 0 radical (unpaired) electrons. The van der Waals surface area contributed by atoms with Crippen molar-refractivity contribution in [2.24, 2.45) is 5.73 Å². The molecule has 0 saturated heterocycles. The Labute approximate surface area is 82.8 Å². The maximum Gasteiger partial charge on any atom is 0.257 e. The fourth-order valence-electron chi connectivity index (χ4n) is 1.98. The summed E-state index contributed by atoms with van der Waals surface area (Å²) < 4.78 is 1.77. The Hall–Kier alpha value is -1.16. The predicted molar refractivity (Wildman–Crippen MR) is 54.0 cm³/mol.